The average Bonchev–Trinajstić information content (AvgIpc) is 3.46. The number of aromatic nitrogens is 1. The Morgan fingerprint density at radius 1 is 1.18 bits per heavy atom. The molecule has 0 aliphatic carbocycles. The molecule has 2 amide bonds. The topological polar surface area (TPSA) is 77.6 Å². The molecular formula is C25H32ClN5O2S. The van der Waals surface area contributed by atoms with Crippen molar-refractivity contribution in [3.8, 4) is 0 Å². The van der Waals surface area contributed by atoms with Crippen LogP contribution >= 0.6 is 22.9 Å². The van der Waals surface area contributed by atoms with Gasteiger partial charge in [0.1, 0.15) is 4.88 Å². The van der Waals surface area contributed by atoms with Crippen LogP contribution in [0.4, 0.5) is 10.8 Å². The zero-order chi connectivity index (χ0) is 24.1. The van der Waals surface area contributed by atoms with Gasteiger partial charge in [-0.3, -0.25) is 14.5 Å². The number of nitrogens with one attached hydrogen (secondary N) is 2. The molecule has 0 saturated carbocycles. The summed E-state index contributed by atoms with van der Waals surface area (Å²) in [6.07, 6.45) is 7.94. The number of anilines is 2. The fourth-order valence-corrected chi connectivity index (χ4v) is 5.63. The van der Waals surface area contributed by atoms with Crippen molar-refractivity contribution in [2.45, 2.75) is 45.6 Å². The largest absolute Gasteiger partial charge is 0.359 e. The first-order valence-electron chi connectivity index (χ1n) is 11.9. The van der Waals surface area contributed by atoms with Crippen molar-refractivity contribution in [3.63, 3.8) is 0 Å². The second-order valence-electron chi connectivity index (χ2n) is 8.97. The quantitative estimate of drug-likeness (QED) is 0.537. The predicted octanol–water partition coefficient (Wildman–Crippen LogP) is 4.72. The Labute approximate surface area is 210 Å². The summed E-state index contributed by atoms with van der Waals surface area (Å²) in [5, 5.41) is 7.63. The van der Waals surface area contributed by atoms with E-state index in [9.17, 15) is 9.59 Å². The number of thiazole rings is 1. The zero-order valence-electron chi connectivity index (χ0n) is 19.8. The molecule has 0 bridgehead atoms. The van der Waals surface area contributed by atoms with E-state index in [-0.39, 0.29) is 17.9 Å². The Balaban J connectivity index is 1.27. The summed E-state index contributed by atoms with van der Waals surface area (Å²) < 4.78 is 0. The van der Waals surface area contributed by atoms with Gasteiger partial charge in [-0.25, -0.2) is 4.98 Å². The van der Waals surface area contributed by atoms with Gasteiger partial charge in [0, 0.05) is 31.8 Å². The van der Waals surface area contributed by atoms with E-state index in [1.165, 1.54) is 24.2 Å². The highest BCUT2D eigenvalue weighted by Crippen LogP contribution is 2.29. The lowest BCUT2D eigenvalue weighted by atomic mass is 10.1. The van der Waals surface area contributed by atoms with Crippen LogP contribution in [0, 0.1) is 13.8 Å². The van der Waals surface area contributed by atoms with Gasteiger partial charge in [-0.05, 0) is 64.3 Å². The molecule has 1 aromatic carbocycles. The molecule has 7 nitrogen and oxygen atoms in total. The van der Waals surface area contributed by atoms with Crippen LogP contribution in [0.5, 0.6) is 0 Å². The van der Waals surface area contributed by atoms with Crippen molar-refractivity contribution in [2.75, 3.05) is 43.4 Å². The number of para-hydroxylation sites is 1. The molecule has 0 radical (unpaired) electrons. The van der Waals surface area contributed by atoms with Crippen molar-refractivity contribution in [2.24, 2.45) is 0 Å². The van der Waals surface area contributed by atoms with E-state index >= 15 is 0 Å². The van der Waals surface area contributed by atoms with Gasteiger partial charge in [0.25, 0.3) is 5.91 Å². The van der Waals surface area contributed by atoms with Crippen molar-refractivity contribution in [1.29, 1.82) is 0 Å². The first-order valence-corrected chi connectivity index (χ1v) is 13.1. The Hall–Kier alpha value is -2.42. The molecule has 1 aromatic heterocycles. The normalized spacial score (nSPS) is 17.4. The highest BCUT2D eigenvalue weighted by molar-refractivity contribution is 7.17. The van der Waals surface area contributed by atoms with E-state index in [1.54, 1.807) is 12.1 Å². The van der Waals surface area contributed by atoms with Crippen LogP contribution in [-0.4, -0.2) is 65.4 Å². The number of carbonyl (C=O) groups is 2. The van der Waals surface area contributed by atoms with Gasteiger partial charge < -0.3 is 15.5 Å². The van der Waals surface area contributed by atoms with Gasteiger partial charge in [0.05, 0.1) is 16.4 Å². The summed E-state index contributed by atoms with van der Waals surface area (Å²) in [6.45, 7) is 8.31. The fraction of sp³-hybridized carbons (Fsp3) is 0.480. The molecule has 0 spiro atoms. The zero-order valence-corrected chi connectivity index (χ0v) is 21.3. The van der Waals surface area contributed by atoms with E-state index in [0.717, 1.165) is 43.2 Å². The lowest BCUT2D eigenvalue weighted by molar-refractivity contribution is -0.126. The third kappa shape index (κ3) is 6.17. The molecule has 2 aromatic rings. The maximum Gasteiger partial charge on any atom is 0.267 e. The molecule has 9 heteroatoms. The molecule has 3 heterocycles. The number of benzene rings is 1. The highest BCUT2D eigenvalue weighted by Gasteiger charge is 2.24. The van der Waals surface area contributed by atoms with E-state index in [0.29, 0.717) is 34.4 Å². The predicted molar refractivity (Wildman–Crippen MR) is 139 cm³/mol. The summed E-state index contributed by atoms with van der Waals surface area (Å²) in [6, 6.07) is 5.76. The smallest absolute Gasteiger partial charge is 0.267 e. The summed E-state index contributed by atoms with van der Waals surface area (Å²) in [7, 11) is 0. The van der Waals surface area contributed by atoms with Gasteiger partial charge >= 0.3 is 0 Å². The van der Waals surface area contributed by atoms with Gasteiger partial charge in [-0.2, -0.15) is 0 Å². The van der Waals surface area contributed by atoms with Crippen LogP contribution < -0.4 is 10.6 Å². The number of likely N-dealkylation sites (tertiary alicyclic amines) is 2. The van der Waals surface area contributed by atoms with Gasteiger partial charge in [0.2, 0.25) is 5.91 Å². The lowest BCUT2D eigenvalue weighted by Gasteiger charge is -2.31. The van der Waals surface area contributed by atoms with Crippen molar-refractivity contribution in [1.82, 2.24) is 14.8 Å². The van der Waals surface area contributed by atoms with Gasteiger partial charge in [-0.1, -0.05) is 41.1 Å². The van der Waals surface area contributed by atoms with Gasteiger partial charge in [0.15, 0.2) is 5.13 Å². The molecule has 2 N–H and O–H groups in total. The molecule has 0 unspecified atom stereocenters. The van der Waals surface area contributed by atoms with Crippen molar-refractivity contribution in [3.05, 3.63) is 51.5 Å². The Kier molecular flexibility index (Phi) is 8.24. The molecule has 4 rings (SSSR count). The van der Waals surface area contributed by atoms with E-state index in [1.807, 2.05) is 37.0 Å². The number of aryl methyl sites for hydroxylation is 2. The number of carbonyl (C=O) groups excluding carboxylic acids is 2. The monoisotopic (exact) mass is 501 g/mol. The Morgan fingerprint density at radius 3 is 2.62 bits per heavy atom. The SMILES string of the molecule is Cc1cccc(Cl)c1NC(=O)c1sc(NC2CCN(C(=O)/C=C/CN3CCCC3)CC2)nc1C. The minimum atomic E-state index is -0.208. The molecule has 2 aliphatic heterocycles. The standard InChI is InChI=1S/C25H32ClN5O2S/c1-17-7-5-8-20(26)22(17)29-24(33)23-18(2)27-25(34-23)28-19-10-15-31(16-11-19)21(32)9-6-14-30-12-3-4-13-30/h5-9,19H,3-4,10-16H2,1-2H3,(H,27,28)(H,29,33)/b9-6+. The second kappa shape index (κ2) is 11.3. The number of hydrogen-bond acceptors (Lipinski definition) is 6. The number of piperidine rings is 1. The number of rotatable bonds is 7. The van der Waals surface area contributed by atoms with Crippen LogP contribution in [0.1, 0.15) is 46.6 Å². The van der Waals surface area contributed by atoms with Crippen molar-refractivity contribution >= 4 is 45.6 Å². The fourth-order valence-electron chi connectivity index (χ4n) is 4.42. The summed E-state index contributed by atoms with van der Waals surface area (Å²) >= 11 is 7.60. The molecule has 182 valence electrons. The van der Waals surface area contributed by atoms with Crippen LogP contribution in [-0.2, 0) is 4.79 Å². The Bertz CT molecular complexity index is 1040. The number of nitrogens with zero attached hydrogens (tertiary/aromatic N) is 3. The van der Waals surface area contributed by atoms with Crippen LogP contribution in [0.3, 0.4) is 0 Å². The van der Waals surface area contributed by atoms with Crippen LogP contribution in [0.25, 0.3) is 0 Å². The first-order chi connectivity index (χ1) is 16.4. The molecule has 34 heavy (non-hydrogen) atoms. The summed E-state index contributed by atoms with van der Waals surface area (Å²) in [5.74, 6) is -0.114. The third-order valence-corrected chi connectivity index (χ3v) is 7.82. The number of hydrogen-bond donors (Lipinski definition) is 2. The maximum atomic E-state index is 12.9. The van der Waals surface area contributed by atoms with E-state index in [4.69, 9.17) is 11.6 Å². The summed E-state index contributed by atoms with van der Waals surface area (Å²) in [5.41, 5.74) is 2.22. The third-order valence-electron chi connectivity index (χ3n) is 6.42. The van der Waals surface area contributed by atoms with Crippen LogP contribution in [0.2, 0.25) is 5.02 Å². The van der Waals surface area contributed by atoms with Gasteiger partial charge in [-0.15, -0.1) is 0 Å². The Morgan fingerprint density at radius 2 is 1.91 bits per heavy atom. The highest BCUT2D eigenvalue weighted by atomic mass is 35.5. The second-order valence-corrected chi connectivity index (χ2v) is 10.4. The van der Waals surface area contributed by atoms with E-state index < -0.39 is 0 Å². The number of halogens is 1. The molecule has 2 fully saturated rings. The van der Waals surface area contributed by atoms with Crippen molar-refractivity contribution < 1.29 is 9.59 Å². The lowest BCUT2D eigenvalue weighted by Crippen LogP contribution is -2.41. The van der Waals surface area contributed by atoms with Crippen LogP contribution in [0.15, 0.2) is 30.4 Å². The molecule has 0 atom stereocenters. The molecular weight excluding hydrogens is 470 g/mol. The minimum absolute atomic E-state index is 0.0940. The first kappa shape index (κ1) is 24.7. The number of amides is 2. The molecule has 2 saturated heterocycles. The summed E-state index contributed by atoms with van der Waals surface area (Å²) in [4.78, 5) is 34.8. The minimum Gasteiger partial charge on any atom is -0.359 e. The molecule has 2 aliphatic rings. The maximum absolute atomic E-state index is 12.9. The van der Waals surface area contributed by atoms with E-state index in [2.05, 4.69) is 20.5 Å². The average molecular weight is 502 g/mol.